The molecule has 3 aromatic carbocycles. The number of para-hydroxylation sites is 2. The Balaban J connectivity index is 0. The van der Waals surface area contributed by atoms with Crippen LogP contribution in [0.5, 0.6) is 5.75 Å². The van der Waals surface area contributed by atoms with Crippen molar-refractivity contribution in [3.05, 3.63) is 102 Å². The predicted octanol–water partition coefficient (Wildman–Crippen LogP) is 12.7. The van der Waals surface area contributed by atoms with E-state index in [0.29, 0.717) is 6.04 Å². The molecule has 0 bridgehead atoms. The fourth-order valence-electron chi connectivity index (χ4n) is 3.91. The average Bonchev–Trinajstić information content (AvgIpc) is 2.91. The van der Waals surface area contributed by atoms with Crippen LogP contribution in [0.25, 0.3) is 6.08 Å². The van der Waals surface area contributed by atoms with E-state index in [1.54, 1.807) is 0 Å². The first-order valence-electron chi connectivity index (χ1n) is 15.7. The predicted molar refractivity (Wildman–Crippen MR) is 198 cm³/mol. The van der Waals surface area contributed by atoms with Crippen molar-refractivity contribution in [3.63, 3.8) is 0 Å². The summed E-state index contributed by atoms with van der Waals surface area (Å²) in [6.07, 6.45) is 5.77. The number of aryl methyl sites for hydroxylation is 1. The summed E-state index contributed by atoms with van der Waals surface area (Å²) in [6.45, 7) is 30.8. The van der Waals surface area contributed by atoms with E-state index in [2.05, 4.69) is 147 Å². The van der Waals surface area contributed by atoms with Crippen molar-refractivity contribution < 1.29 is 4.74 Å². The second-order valence-corrected chi connectivity index (χ2v) is 13.2. The minimum absolute atomic E-state index is 0.114. The first-order chi connectivity index (χ1) is 20.0. The lowest BCUT2D eigenvalue weighted by Crippen LogP contribution is -2.56. The summed E-state index contributed by atoms with van der Waals surface area (Å²) in [6, 6.07) is 29.5. The van der Waals surface area contributed by atoms with E-state index in [1.165, 1.54) is 17.6 Å². The molecule has 0 radical (unpaired) electrons. The highest BCUT2D eigenvalue weighted by atomic mass is 35.5. The van der Waals surface area contributed by atoms with Gasteiger partial charge in [-0.25, -0.2) is 0 Å². The van der Waals surface area contributed by atoms with Crippen molar-refractivity contribution in [2.24, 2.45) is 11.3 Å². The van der Waals surface area contributed by atoms with Gasteiger partial charge in [0.2, 0.25) is 0 Å². The third kappa shape index (κ3) is 18.5. The van der Waals surface area contributed by atoms with Crippen molar-refractivity contribution in [1.82, 2.24) is 0 Å². The van der Waals surface area contributed by atoms with Gasteiger partial charge in [-0.05, 0) is 84.9 Å². The number of nitrogens with zero attached hydrogens (tertiary/aromatic N) is 1. The number of allylic oxidation sites excluding steroid dienone is 1. The zero-order valence-corrected chi connectivity index (χ0v) is 31.0. The van der Waals surface area contributed by atoms with Crippen LogP contribution in [0.4, 0.5) is 5.69 Å². The maximum absolute atomic E-state index is 5.65. The largest absolute Gasteiger partial charge is 0.490 e. The number of hydrogen-bond acceptors (Lipinski definition) is 2. The minimum Gasteiger partial charge on any atom is -0.490 e. The average molecular weight is 610 g/mol. The van der Waals surface area contributed by atoms with Gasteiger partial charge in [-0.3, -0.25) is 0 Å². The number of halogens is 1. The summed E-state index contributed by atoms with van der Waals surface area (Å²) < 4.78 is 5.65. The fraction of sp³-hybridized carbons (Fsp3) is 0.500. The van der Waals surface area contributed by atoms with Crippen LogP contribution >= 0.6 is 11.6 Å². The van der Waals surface area contributed by atoms with Crippen LogP contribution in [-0.4, -0.2) is 24.1 Å². The van der Waals surface area contributed by atoms with Crippen LogP contribution in [0.15, 0.2) is 91.0 Å². The van der Waals surface area contributed by atoms with Crippen molar-refractivity contribution in [2.75, 3.05) is 11.3 Å². The van der Waals surface area contributed by atoms with E-state index in [9.17, 15) is 0 Å². The Morgan fingerprint density at radius 2 is 1.09 bits per heavy atom. The zero-order valence-electron chi connectivity index (χ0n) is 30.2. The molecule has 242 valence electrons. The maximum atomic E-state index is 5.65. The molecular weight excluding hydrogens is 546 g/mol. The number of rotatable bonds is 6. The first kappa shape index (κ1) is 42.4. The molecule has 0 N–H and O–H groups in total. The molecule has 3 heteroatoms. The Bertz CT molecular complexity index is 1080. The number of benzene rings is 3. The Morgan fingerprint density at radius 3 is 1.44 bits per heavy atom. The molecule has 0 aliphatic heterocycles. The van der Waals surface area contributed by atoms with Gasteiger partial charge in [0.05, 0.1) is 6.10 Å². The summed E-state index contributed by atoms with van der Waals surface area (Å²) in [5.41, 5.74) is 4.11. The molecule has 0 aromatic heterocycles. The Labute approximate surface area is 272 Å². The molecule has 0 aliphatic carbocycles. The molecule has 0 saturated carbocycles. The maximum Gasteiger partial charge on any atom is 0.126 e. The second-order valence-electron chi connectivity index (χ2n) is 13.2. The standard InChI is InChI=1S/C16H27N.C12H16O.C7H8.C4H10.CH3Cl/c1-13(2)17(14-11-9-8-10-12-14)16(6,7)15(3,4)5;1-4-7-11-8-5-6-9-12(11)13-10(2)3;1-7-5-3-2-4-6-7;1-4(2)3;1-2/h8-13H,1-7H3;4-10H,1-3H3;2-6H,1H3;4H,1-3H3;1H3/b;7-4+;;;. The first-order valence-corrected chi connectivity index (χ1v) is 16.4. The van der Waals surface area contributed by atoms with Crippen LogP contribution in [0, 0.1) is 18.3 Å². The second kappa shape index (κ2) is 22.8. The van der Waals surface area contributed by atoms with Gasteiger partial charge in [-0.2, -0.15) is 0 Å². The van der Waals surface area contributed by atoms with E-state index in [0.717, 1.165) is 17.2 Å². The number of hydrogen-bond donors (Lipinski definition) is 0. The lowest BCUT2D eigenvalue weighted by atomic mass is 9.74. The van der Waals surface area contributed by atoms with Gasteiger partial charge in [-0.1, -0.05) is 126 Å². The monoisotopic (exact) mass is 609 g/mol. The molecule has 0 saturated heterocycles. The summed E-state index contributed by atoms with van der Waals surface area (Å²) in [5.74, 6) is 1.79. The third-order valence-corrected chi connectivity index (χ3v) is 6.56. The highest BCUT2D eigenvalue weighted by Crippen LogP contribution is 2.39. The van der Waals surface area contributed by atoms with Crippen LogP contribution in [0.2, 0.25) is 0 Å². The molecule has 0 heterocycles. The van der Waals surface area contributed by atoms with Crippen molar-refractivity contribution in [2.45, 2.75) is 115 Å². The lowest BCUT2D eigenvalue weighted by Gasteiger charge is -2.51. The van der Waals surface area contributed by atoms with E-state index < -0.39 is 0 Å². The van der Waals surface area contributed by atoms with Crippen LogP contribution in [0.1, 0.15) is 101 Å². The molecule has 0 fully saturated rings. The molecule has 0 unspecified atom stereocenters. The van der Waals surface area contributed by atoms with E-state index in [1.807, 2.05) is 63.2 Å². The van der Waals surface area contributed by atoms with Gasteiger partial charge in [0, 0.05) is 29.2 Å². The van der Waals surface area contributed by atoms with Gasteiger partial charge in [0.25, 0.3) is 0 Å². The van der Waals surface area contributed by atoms with Gasteiger partial charge < -0.3 is 9.64 Å². The van der Waals surface area contributed by atoms with Crippen molar-refractivity contribution >= 4 is 23.4 Å². The van der Waals surface area contributed by atoms with Gasteiger partial charge in [0.15, 0.2) is 0 Å². The molecule has 0 aliphatic rings. The Kier molecular flexibility index (Phi) is 22.5. The van der Waals surface area contributed by atoms with Crippen LogP contribution in [0.3, 0.4) is 0 Å². The minimum atomic E-state index is 0.114. The molecule has 0 amide bonds. The zero-order chi connectivity index (χ0) is 33.6. The highest BCUT2D eigenvalue weighted by molar-refractivity contribution is 6.15. The third-order valence-electron chi connectivity index (χ3n) is 6.56. The smallest absolute Gasteiger partial charge is 0.126 e. The molecule has 0 atom stereocenters. The number of alkyl halides is 1. The Hall–Kier alpha value is -2.71. The fourth-order valence-corrected chi connectivity index (χ4v) is 3.91. The summed E-state index contributed by atoms with van der Waals surface area (Å²) in [7, 11) is 0. The van der Waals surface area contributed by atoms with Gasteiger partial charge >= 0.3 is 0 Å². The van der Waals surface area contributed by atoms with Crippen molar-refractivity contribution in [1.29, 1.82) is 0 Å². The molecule has 0 spiro atoms. The summed E-state index contributed by atoms with van der Waals surface area (Å²) >= 11 is 4.64. The SMILES string of the molecule is C/C=C/c1ccccc1OC(C)C.CC(C)C.CC(C)N(c1ccccc1)C(C)(C)C(C)(C)C.CCl.Cc1ccccc1. The normalized spacial score (nSPS) is 10.9. The summed E-state index contributed by atoms with van der Waals surface area (Å²) in [5, 5.41) is 0. The quantitative estimate of drug-likeness (QED) is 0.258. The van der Waals surface area contributed by atoms with Crippen LogP contribution < -0.4 is 9.64 Å². The van der Waals surface area contributed by atoms with E-state index >= 15 is 0 Å². The topological polar surface area (TPSA) is 12.5 Å². The molecule has 43 heavy (non-hydrogen) atoms. The number of ether oxygens (including phenoxy) is 1. The Morgan fingerprint density at radius 1 is 0.674 bits per heavy atom. The van der Waals surface area contributed by atoms with Gasteiger partial charge in [0.1, 0.15) is 5.75 Å². The molecule has 3 rings (SSSR count). The molecule has 3 aromatic rings. The number of anilines is 1. The summed E-state index contributed by atoms with van der Waals surface area (Å²) in [4.78, 5) is 2.52. The highest BCUT2D eigenvalue weighted by Gasteiger charge is 2.39. The van der Waals surface area contributed by atoms with Gasteiger partial charge in [-0.15, -0.1) is 11.6 Å². The van der Waals surface area contributed by atoms with E-state index in [4.69, 9.17) is 4.74 Å². The lowest BCUT2D eigenvalue weighted by molar-refractivity contribution is 0.203. The van der Waals surface area contributed by atoms with E-state index in [-0.39, 0.29) is 17.1 Å². The van der Waals surface area contributed by atoms with Crippen LogP contribution in [-0.2, 0) is 0 Å². The molecular formula is C40H64ClNO. The molecule has 2 nitrogen and oxygen atoms in total. The van der Waals surface area contributed by atoms with Crippen molar-refractivity contribution in [3.8, 4) is 5.75 Å².